The third-order valence-corrected chi connectivity index (χ3v) is 2.82. The van der Waals surface area contributed by atoms with Gasteiger partial charge in [0.15, 0.2) is 5.96 Å². The molecule has 3 nitrogen and oxygen atoms in total. The molecule has 0 atom stereocenters. The van der Waals surface area contributed by atoms with Crippen LogP contribution in [0.2, 0.25) is 4.34 Å². The number of halogens is 1. The number of nitrogens with one attached hydrogen (secondary N) is 1. The van der Waals surface area contributed by atoms with Crippen molar-refractivity contribution in [2.45, 2.75) is 13.5 Å². The molecule has 15 heavy (non-hydrogen) atoms. The van der Waals surface area contributed by atoms with Crippen molar-refractivity contribution >= 4 is 28.9 Å². The molecule has 1 rings (SSSR count). The second-order valence-corrected chi connectivity index (χ2v) is 5.02. The smallest absolute Gasteiger partial charge is 0.189 e. The van der Waals surface area contributed by atoms with Gasteiger partial charge in [0, 0.05) is 11.4 Å². The summed E-state index contributed by atoms with van der Waals surface area (Å²) in [6.45, 7) is 6.91. The van der Waals surface area contributed by atoms with E-state index in [4.69, 9.17) is 17.3 Å². The highest BCUT2D eigenvalue weighted by Gasteiger charge is 1.97. The van der Waals surface area contributed by atoms with E-state index in [0.717, 1.165) is 14.8 Å². The molecule has 0 saturated heterocycles. The van der Waals surface area contributed by atoms with Crippen molar-refractivity contribution in [1.29, 1.82) is 0 Å². The molecule has 1 heterocycles. The van der Waals surface area contributed by atoms with Gasteiger partial charge >= 0.3 is 0 Å². The van der Waals surface area contributed by atoms with Crippen LogP contribution >= 0.6 is 22.9 Å². The number of hydrogen-bond acceptors (Lipinski definition) is 2. The molecule has 5 heteroatoms. The molecule has 0 aliphatic heterocycles. The number of nitrogens with zero attached hydrogens (tertiary/aromatic N) is 1. The summed E-state index contributed by atoms with van der Waals surface area (Å²) >= 11 is 7.30. The van der Waals surface area contributed by atoms with Crippen LogP contribution in [0.3, 0.4) is 0 Å². The van der Waals surface area contributed by atoms with Crippen LogP contribution < -0.4 is 11.1 Å². The normalized spacial score (nSPS) is 11.5. The van der Waals surface area contributed by atoms with Crippen LogP contribution in [0.25, 0.3) is 0 Å². The van der Waals surface area contributed by atoms with Gasteiger partial charge in [-0.05, 0) is 19.1 Å². The Morgan fingerprint density at radius 1 is 1.67 bits per heavy atom. The molecule has 0 amide bonds. The molecule has 1 aromatic heterocycles. The molecule has 0 bridgehead atoms. The summed E-state index contributed by atoms with van der Waals surface area (Å²) in [5.74, 6) is 0.433. The van der Waals surface area contributed by atoms with Gasteiger partial charge in [-0.2, -0.15) is 0 Å². The molecular formula is C10H14ClN3S. The summed E-state index contributed by atoms with van der Waals surface area (Å²) in [4.78, 5) is 5.27. The first-order valence-electron chi connectivity index (χ1n) is 4.50. The van der Waals surface area contributed by atoms with Crippen molar-refractivity contribution in [3.8, 4) is 0 Å². The Morgan fingerprint density at radius 2 is 2.40 bits per heavy atom. The summed E-state index contributed by atoms with van der Waals surface area (Å²) < 4.78 is 0.772. The molecular weight excluding hydrogens is 230 g/mol. The van der Waals surface area contributed by atoms with Crippen molar-refractivity contribution in [2.75, 3.05) is 6.54 Å². The van der Waals surface area contributed by atoms with Gasteiger partial charge in [0.2, 0.25) is 0 Å². The van der Waals surface area contributed by atoms with Gasteiger partial charge in [-0.15, -0.1) is 11.3 Å². The lowest BCUT2D eigenvalue weighted by Crippen LogP contribution is -2.32. The first-order chi connectivity index (χ1) is 7.08. The Hall–Kier alpha value is -1.000. The van der Waals surface area contributed by atoms with Crippen molar-refractivity contribution in [1.82, 2.24) is 5.32 Å². The topological polar surface area (TPSA) is 50.4 Å². The van der Waals surface area contributed by atoms with E-state index >= 15 is 0 Å². The minimum atomic E-state index is 0.433. The molecule has 0 spiro atoms. The van der Waals surface area contributed by atoms with Gasteiger partial charge < -0.3 is 11.1 Å². The van der Waals surface area contributed by atoms with Crippen LogP contribution in [-0.4, -0.2) is 12.5 Å². The predicted molar refractivity (Wildman–Crippen MR) is 67.5 cm³/mol. The average molecular weight is 244 g/mol. The lowest BCUT2D eigenvalue weighted by molar-refractivity contribution is 0.945. The lowest BCUT2D eigenvalue weighted by atomic mass is 10.3. The van der Waals surface area contributed by atoms with E-state index in [9.17, 15) is 0 Å². The fourth-order valence-electron chi connectivity index (χ4n) is 0.897. The summed E-state index contributed by atoms with van der Waals surface area (Å²) in [5.41, 5.74) is 6.67. The number of nitrogens with two attached hydrogens (primary N) is 1. The zero-order valence-electron chi connectivity index (χ0n) is 8.59. The standard InChI is InChI=1S/C10H14ClN3S/c1-7(2)5-13-10(12)14-6-8-3-4-9(11)15-8/h3-4H,1,5-6H2,2H3,(H3,12,13,14). The molecule has 0 unspecified atom stereocenters. The molecule has 0 aromatic carbocycles. The highest BCUT2D eigenvalue weighted by atomic mass is 35.5. The quantitative estimate of drug-likeness (QED) is 0.485. The molecule has 0 saturated carbocycles. The summed E-state index contributed by atoms with van der Waals surface area (Å²) in [7, 11) is 0. The van der Waals surface area contributed by atoms with Crippen LogP contribution in [0.1, 0.15) is 11.8 Å². The second kappa shape index (κ2) is 5.78. The minimum Gasteiger partial charge on any atom is -0.370 e. The maximum absolute atomic E-state index is 5.79. The van der Waals surface area contributed by atoms with E-state index in [-0.39, 0.29) is 0 Å². The summed E-state index contributed by atoms with van der Waals surface area (Å²) in [6.07, 6.45) is 0. The maximum atomic E-state index is 5.79. The largest absolute Gasteiger partial charge is 0.370 e. The SMILES string of the molecule is C=C(C)CNC(N)=NCc1ccc(Cl)s1. The average Bonchev–Trinajstić information content (AvgIpc) is 2.58. The third-order valence-electron chi connectivity index (χ3n) is 1.61. The summed E-state index contributed by atoms with van der Waals surface area (Å²) in [6, 6.07) is 3.80. The number of thiophene rings is 1. The van der Waals surface area contributed by atoms with E-state index in [1.165, 1.54) is 11.3 Å². The van der Waals surface area contributed by atoms with E-state index in [0.29, 0.717) is 19.0 Å². The third kappa shape index (κ3) is 4.85. The van der Waals surface area contributed by atoms with Crippen LogP contribution in [0.15, 0.2) is 29.3 Å². The Labute approximate surface area is 98.7 Å². The Bertz CT molecular complexity index is 370. The zero-order valence-corrected chi connectivity index (χ0v) is 10.2. The number of guanidine groups is 1. The van der Waals surface area contributed by atoms with Gasteiger partial charge in [0.25, 0.3) is 0 Å². The van der Waals surface area contributed by atoms with Crippen molar-refractivity contribution in [3.05, 3.63) is 33.5 Å². The van der Waals surface area contributed by atoms with Gasteiger partial charge in [0.1, 0.15) is 0 Å². The zero-order chi connectivity index (χ0) is 11.3. The van der Waals surface area contributed by atoms with E-state index in [2.05, 4.69) is 16.9 Å². The van der Waals surface area contributed by atoms with Crippen molar-refractivity contribution < 1.29 is 0 Å². The first kappa shape index (κ1) is 12.1. The molecule has 1 aromatic rings. The number of aliphatic imine (C=N–C) groups is 1. The highest BCUT2D eigenvalue weighted by molar-refractivity contribution is 7.16. The highest BCUT2D eigenvalue weighted by Crippen LogP contribution is 2.21. The monoisotopic (exact) mass is 243 g/mol. The number of hydrogen-bond donors (Lipinski definition) is 2. The lowest BCUT2D eigenvalue weighted by Gasteiger charge is -2.03. The van der Waals surface area contributed by atoms with Gasteiger partial charge in [-0.3, -0.25) is 0 Å². The minimum absolute atomic E-state index is 0.433. The first-order valence-corrected chi connectivity index (χ1v) is 5.70. The molecule has 0 aliphatic carbocycles. The van der Waals surface area contributed by atoms with Gasteiger partial charge in [-0.1, -0.05) is 23.8 Å². The Morgan fingerprint density at radius 3 is 2.93 bits per heavy atom. The molecule has 0 aliphatic rings. The number of rotatable bonds is 4. The van der Waals surface area contributed by atoms with Crippen LogP contribution in [0, 0.1) is 0 Å². The maximum Gasteiger partial charge on any atom is 0.189 e. The second-order valence-electron chi connectivity index (χ2n) is 3.22. The van der Waals surface area contributed by atoms with Crippen LogP contribution in [0.5, 0.6) is 0 Å². The van der Waals surface area contributed by atoms with E-state index in [1.54, 1.807) is 0 Å². The van der Waals surface area contributed by atoms with E-state index < -0.39 is 0 Å². The molecule has 3 N–H and O–H groups in total. The van der Waals surface area contributed by atoms with Gasteiger partial charge in [0.05, 0.1) is 10.9 Å². The van der Waals surface area contributed by atoms with Gasteiger partial charge in [-0.25, -0.2) is 4.99 Å². The molecule has 0 fully saturated rings. The van der Waals surface area contributed by atoms with Crippen molar-refractivity contribution in [2.24, 2.45) is 10.7 Å². The summed E-state index contributed by atoms with van der Waals surface area (Å²) in [5, 5.41) is 2.96. The predicted octanol–water partition coefficient (Wildman–Crippen LogP) is 2.38. The van der Waals surface area contributed by atoms with Crippen molar-refractivity contribution in [3.63, 3.8) is 0 Å². The van der Waals surface area contributed by atoms with Crippen LogP contribution in [0.4, 0.5) is 0 Å². The fourth-order valence-corrected chi connectivity index (χ4v) is 1.91. The Balaban J connectivity index is 2.40. The molecule has 0 radical (unpaired) electrons. The van der Waals surface area contributed by atoms with E-state index in [1.807, 2.05) is 19.1 Å². The fraction of sp³-hybridized carbons (Fsp3) is 0.300. The van der Waals surface area contributed by atoms with Crippen LogP contribution in [-0.2, 0) is 6.54 Å². The molecule has 82 valence electrons. The Kier molecular flexibility index (Phi) is 4.65.